The zero-order valence-electron chi connectivity index (χ0n) is 17.2. The van der Waals surface area contributed by atoms with E-state index in [-0.39, 0.29) is 12.0 Å². The highest BCUT2D eigenvalue weighted by Gasteiger charge is 2.26. The predicted octanol–water partition coefficient (Wildman–Crippen LogP) is 4.07. The van der Waals surface area contributed by atoms with Crippen molar-refractivity contribution in [2.75, 3.05) is 42.4 Å². The van der Waals surface area contributed by atoms with Gasteiger partial charge in [0, 0.05) is 24.5 Å². The average Bonchev–Trinajstić information content (AvgIpc) is 2.83. The Kier molecular flexibility index (Phi) is 5.70. The van der Waals surface area contributed by atoms with Gasteiger partial charge in [0.2, 0.25) is 0 Å². The summed E-state index contributed by atoms with van der Waals surface area (Å²) in [5.74, 6) is 0.620. The van der Waals surface area contributed by atoms with Crippen LogP contribution < -0.4 is 19.9 Å². The molecule has 0 saturated heterocycles. The number of methoxy groups -OCH3 is 1. The second kappa shape index (κ2) is 8.74. The molecule has 8 heteroatoms. The molecule has 2 amide bonds. The molecule has 158 valence electrons. The van der Waals surface area contributed by atoms with Crippen LogP contribution >= 0.6 is 0 Å². The number of hydrogen-bond acceptors (Lipinski definition) is 6. The maximum atomic E-state index is 12.8. The molecule has 0 spiro atoms. The molecule has 4 rings (SSSR count). The second-order valence-electron chi connectivity index (χ2n) is 6.91. The standard InChI is InChI=1S/C23H22N4O4/c1-26(18-10-8-16(9-11-18)22(28)30-2)19-14-20-21(24-15-19)27(12-13-31-20)23(29)25-17-6-4-3-5-7-17/h3-11,14-15H,12-13H2,1-2H3,(H,25,29). The zero-order chi connectivity index (χ0) is 21.8. The number of urea groups is 1. The molecule has 0 atom stereocenters. The minimum absolute atomic E-state index is 0.261. The molecule has 2 aromatic carbocycles. The van der Waals surface area contributed by atoms with Crippen molar-refractivity contribution in [3.63, 3.8) is 0 Å². The maximum Gasteiger partial charge on any atom is 0.337 e. The molecule has 0 saturated carbocycles. The Morgan fingerprint density at radius 1 is 1.10 bits per heavy atom. The Morgan fingerprint density at radius 3 is 2.55 bits per heavy atom. The van der Waals surface area contributed by atoms with Crippen molar-refractivity contribution in [2.45, 2.75) is 0 Å². The third-order valence-corrected chi connectivity index (χ3v) is 4.98. The fraction of sp³-hybridized carbons (Fsp3) is 0.174. The lowest BCUT2D eigenvalue weighted by molar-refractivity contribution is 0.0600. The van der Waals surface area contributed by atoms with Crippen LogP contribution in [0.2, 0.25) is 0 Å². The summed E-state index contributed by atoms with van der Waals surface area (Å²) in [6, 6.07) is 17.9. The van der Waals surface area contributed by atoms with Crippen molar-refractivity contribution in [1.29, 1.82) is 0 Å². The Hall–Kier alpha value is -4.07. The number of benzene rings is 2. The van der Waals surface area contributed by atoms with E-state index >= 15 is 0 Å². The van der Waals surface area contributed by atoms with Crippen LogP contribution in [0.25, 0.3) is 0 Å². The number of rotatable bonds is 4. The number of aromatic nitrogens is 1. The molecule has 1 N–H and O–H groups in total. The van der Waals surface area contributed by atoms with Crippen LogP contribution in [-0.2, 0) is 4.74 Å². The summed E-state index contributed by atoms with van der Waals surface area (Å²) in [5.41, 5.74) is 2.85. The number of nitrogens with one attached hydrogen (secondary N) is 1. The molecule has 0 unspecified atom stereocenters. The number of carbonyl (C=O) groups is 2. The highest BCUT2D eigenvalue weighted by Crippen LogP contribution is 2.35. The first-order valence-electron chi connectivity index (χ1n) is 9.75. The van der Waals surface area contributed by atoms with E-state index in [9.17, 15) is 9.59 Å². The Balaban J connectivity index is 1.54. The first-order chi connectivity index (χ1) is 15.1. The van der Waals surface area contributed by atoms with Gasteiger partial charge in [0.25, 0.3) is 0 Å². The van der Waals surface area contributed by atoms with Crippen molar-refractivity contribution >= 4 is 34.9 Å². The average molecular weight is 418 g/mol. The molecule has 31 heavy (non-hydrogen) atoms. The van der Waals surface area contributed by atoms with Crippen molar-refractivity contribution in [3.05, 3.63) is 72.4 Å². The maximum absolute atomic E-state index is 12.8. The fourth-order valence-corrected chi connectivity index (χ4v) is 3.27. The van der Waals surface area contributed by atoms with Crippen molar-refractivity contribution < 1.29 is 19.1 Å². The molecule has 1 aliphatic rings. The SMILES string of the molecule is COC(=O)c1ccc(N(C)c2cnc3c(c2)OCCN3C(=O)Nc2ccccc2)cc1. The monoisotopic (exact) mass is 418 g/mol. The van der Waals surface area contributed by atoms with E-state index in [1.807, 2.05) is 60.5 Å². The normalized spacial score (nSPS) is 12.4. The number of nitrogens with zero attached hydrogens (tertiary/aromatic N) is 3. The van der Waals surface area contributed by atoms with Crippen molar-refractivity contribution in [1.82, 2.24) is 4.98 Å². The smallest absolute Gasteiger partial charge is 0.337 e. The Bertz CT molecular complexity index is 1090. The molecule has 0 fully saturated rings. The lowest BCUT2D eigenvalue weighted by atomic mass is 10.2. The molecule has 1 aromatic heterocycles. The number of fused-ring (bicyclic) bond motifs is 1. The van der Waals surface area contributed by atoms with Gasteiger partial charge in [-0.3, -0.25) is 4.90 Å². The molecular weight excluding hydrogens is 396 g/mol. The van der Waals surface area contributed by atoms with E-state index in [1.165, 1.54) is 7.11 Å². The van der Waals surface area contributed by atoms with Crippen LogP contribution in [0, 0.1) is 0 Å². The molecule has 0 aliphatic carbocycles. The lowest BCUT2D eigenvalue weighted by Gasteiger charge is -2.29. The molecule has 3 aromatic rings. The van der Waals surface area contributed by atoms with Crippen LogP contribution in [0.5, 0.6) is 5.75 Å². The van der Waals surface area contributed by atoms with Gasteiger partial charge in [-0.25, -0.2) is 14.6 Å². The van der Waals surface area contributed by atoms with Crippen molar-refractivity contribution in [3.8, 4) is 5.75 Å². The molecule has 0 bridgehead atoms. The number of pyridine rings is 1. The van der Waals surface area contributed by atoms with Crippen LogP contribution in [0.4, 0.5) is 27.7 Å². The summed E-state index contributed by atoms with van der Waals surface area (Å²) in [6.45, 7) is 0.778. The minimum atomic E-state index is -0.382. The summed E-state index contributed by atoms with van der Waals surface area (Å²) < 4.78 is 10.5. The van der Waals surface area contributed by atoms with Crippen LogP contribution in [0.3, 0.4) is 0 Å². The van der Waals surface area contributed by atoms with E-state index in [4.69, 9.17) is 9.47 Å². The third kappa shape index (κ3) is 4.28. The number of anilines is 4. The van der Waals surface area contributed by atoms with E-state index in [1.54, 1.807) is 23.2 Å². The van der Waals surface area contributed by atoms with Gasteiger partial charge in [-0.05, 0) is 36.4 Å². The number of amides is 2. The van der Waals surface area contributed by atoms with Crippen molar-refractivity contribution in [2.24, 2.45) is 0 Å². The van der Waals surface area contributed by atoms with Gasteiger partial charge in [0.1, 0.15) is 6.61 Å². The summed E-state index contributed by atoms with van der Waals surface area (Å²) in [5, 5.41) is 2.88. The van der Waals surface area contributed by atoms with Crippen LogP contribution in [0.1, 0.15) is 10.4 Å². The number of esters is 1. The molecule has 1 aliphatic heterocycles. The van der Waals surface area contributed by atoms with Gasteiger partial charge in [0.15, 0.2) is 11.6 Å². The fourth-order valence-electron chi connectivity index (χ4n) is 3.27. The largest absolute Gasteiger partial charge is 0.488 e. The zero-order valence-corrected chi connectivity index (χ0v) is 17.2. The number of hydrogen-bond donors (Lipinski definition) is 1. The van der Waals surface area contributed by atoms with Gasteiger partial charge < -0.3 is 19.7 Å². The summed E-state index contributed by atoms with van der Waals surface area (Å²) in [7, 11) is 3.24. The van der Waals surface area contributed by atoms with E-state index in [0.29, 0.717) is 36.0 Å². The van der Waals surface area contributed by atoms with Crippen LogP contribution in [0.15, 0.2) is 66.9 Å². The Morgan fingerprint density at radius 2 is 1.84 bits per heavy atom. The van der Waals surface area contributed by atoms with E-state index < -0.39 is 0 Å². The predicted molar refractivity (Wildman–Crippen MR) is 118 cm³/mol. The number of carbonyl (C=O) groups excluding carboxylic acids is 2. The van der Waals surface area contributed by atoms with Gasteiger partial charge in [-0.15, -0.1) is 0 Å². The number of ether oxygens (including phenoxy) is 2. The lowest BCUT2D eigenvalue weighted by Crippen LogP contribution is -2.41. The summed E-state index contributed by atoms with van der Waals surface area (Å²) in [4.78, 5) is 32.4. The van der Waals surface area contributed by atoms with Gasteiger partial charge in [-0.2, -0.15) is 0 Å². The van der Waals surface area contributed by atoms with E-state index in [2.05, 4.69) is 10.3 Å². The second-order valence-corrected chi connectivity index (χ2v) is 6.91. The molecular formula is C23H22N4O4. The number of para-hydroxylation sites is 1. The first-order valence-corrected chi connectivity index (χ1v) is 9.75. The van der Waals surface area contributed by atoms with Gasteiger partial charge in [-0.1, -0.05) is 18.2 Å². The first kappa shape index (κ1) is 20.2. The molecule has 8 nitrogen and oxygen atoms in total. The minimum Gasteiger partial charge on any atom is -0.488 e. The molecule has 2 heterocycles. The van der Waals surface area contributed by atoms with Gasteiger partial charge >= 0.3 is 12.0 Å². The molecule has 0 radical (unpaired) electrons. The summed E-state index contributed by atoms with van der Waals surface area (Å²) in [6.07, 6.45) is 1.69. The Labute approximate surface area is 180 Å². The van der Waals surface area contributed by atoms with E-state index in [0.717, 1.165) is 11.4 Å². The highest BCUT2D eigenvalue weighted by molar-refractivity contribution is 6.02. The van der Waals surface area contributed by atoms with Crippen LogP contribution in [-0.4, -0.2) is 44.3 Å². The van der Waals surface area contributed by atoms with Gasteiger partial charge in [0.05, 0.1) is 31.1 Å². The quantitative estimate of drug-likeness (QED) is 0.643. The highest BCUT2D eigenvalue weighted by atomic mass is 16.5. The summed E-state index contributed by atoms with van der Waals surface area (Å²) >= 11 is 0. The third-order valence-electron chi connectivity index (χ3n) is 4.98. The topological polar surface area (TPSA) is 84.0 Å².